The highest BCUT2D eigenvalue weighted by Gasteiger charge is 2.04. The van der Waals surface area contributed by atoms with E-state index in [2.05, 4.69) is 9.97 Å². The molecule has 1 N–H and O–H groups in total. The molecule has 2 aromatic heterocycles. The second-order valence-corrected chi connectivity index (χ2v) is 5.70. The number of aromatic carboxylic acids is 1. The molecule has 2 aromatic carbocycles. The largest absolute Gasteiger partial charge is 0.477 e. The first-order chi connectivity index (χ1) is 12.5. The first-order valence-corrected chi connectivity index (χ1v) is 8.07. The number of hydrogen-bond acceptors (Lipinski definition) is 4. The normalized spacial score (nSPS) is 10.2. The summed E-state index contributed by atoms with van der Waals surface area (Å²) in [5, 5.41) is 10.1. The summed E-state index contributed by atoms with van der Waals surface area (Å²) in [4.78, 5) is 29.4. The molecule has 0 saturated carbocycles. The van der Waals surface area contributed by atoms with Crippen LogP contribution in [0.15, 0.2) is 72.8 Å². The van der Waals surface area contributed by atoms with Crippen molar-refractivity contribution in [2.75, 3.05) is 0 Å². The van der Waals surface area contributed by atoms with E-state index in [1.54, 1.807) is 18.2 Å². The standard InChI is InChI=1S/C10H6ClNO.C10H7NO2/c11-10(13)9-6-5-7-3-1-2-4-8(7)12-9;12-10(13)9-6-5-7-3-1-2-4-8(7)11-9/h1-6H;1-6H,(H,12,13). The molecule has 6 heteroatoms. The van der Waals surface area contributed by atoms with Gasteiger partial charge in [0.15, 0.2) is 0 Å². The number of rotatable bonds is 2. The van der Waals surface area contributed by atoms with Crippen molar-refractivity contribution < 1.29 is 14.7 Å². The molecule has 0 radical (unpaired) electrons. The highest BCUT2D eigenvalue weighted by Crippen LogP contribution is 2.13. The lowest BCUT2D eigenvalue weighted by Gasteiger charge is -1.97. The summed E-state index contributed by atoms with van der Waals surface area (Å²) >= 11 is 5.30. The van der Waals surface area contributed by atoms with Gasteiger partial charge in [0.2, 0.25) is 0 Å². The number of carbonyl (C=O) groups excluding carboxylic acids is 1. The van der Waals surface area contributed by atoms with Crippen LogP contribution in [-0.4, -0.2) is 26.3 Å². The summed E-state index contributed by atoms with van der Waals surface area (Å²) in [5.41, 5.74) is 1.87. The fourth-order valence-electron chi connectivity index (χ4n) is 2.36. The number of nitrogens with zero attached hydrogens (tertiary/aromatic N) is 2. The summed E-state index contributed by atoms with van der Waals surface area (Å²) < 4.78 is 0. The van der Waals surface area contributed by atoms with Gasteiger partial charge in [0.25, 0.3) is 5.24 Å². The first-order valence-electron chi connectivity index (χ1n) is 7.69. The number of para-hydroxylation sites is 2. The molecule has 0 aliphatic rings. The molecule has 0 amide bonds. The van der Waals surface area contributed by atoms with E-state index in [-0.39, 0.29) is 5.69 Å². The summed E-state index contributed by atoms with van der Waals surface area (Å²) in [5.74, 6) is -0.995. The average Bonchev–Trinajstić information content (AvgIpc) is 2.67. The Morgan fingerprint density at radius 1 is 0.692 bits per heavy atom. The average molecular weight is 365 g/mol. The minimum absolute atomic E-state index is 0.0821. The molecule has 2 heterocycles. The SMILES string of the molecule is O=C(Cl)c1ccc2ccccc2n1.O=C(O)c1ccc2ccccc2n1. The van der Waals surface area contributed by atoms with Crippen LogP contribution in [0.25, 0.3) is 21.8 Å². The van der Waals surface area contributed by atoms with E-state index < -0.39 is 11.2 Å². The van der Waals surface area contributed by atoms with Crippen molar-refractivity contribution in [1.29, 1.82) is 0 Å². The maximum atomic E-state index is 10.8. The second kappa shape index (κ2) is 7.72. The fourth-order valence-corrected chi connectivity index (χ4v) is 2.47. The molecule has 0 atom stereocenters. The number of fused-ring (bicyclic) bond motifs is 2. The number of carboxylic acids is 1. The number of carbonyl (C=O) groups is 2. The van der Waals surface area contributed by atoms with Crippen LogP contribution < -0.4 is 0 Å². The molecule has 0 fully saturated rings. The zero-order valence-electron chi connectivity index (χ0n) is 13.5. The molecule has 0 aliphatic heterocycles. The maximum Gasteiger partial charge on any atom is 0.354 e. The van der Waals surface area contributed by atoms with E-state index in [9.17, 15) is 9.59 Å². The van der Waals surface area contributed by atoms with Crippen LogP contribution in [0.2, 0.25) is 0 Å². The van der Waals surface area contributed by atoms with Crippen molar-refractivity contribution in [1.82, 2.24) is 9.97 Å². The number of carboxylic acid groups (broad SMARTS) is 1. The van der Waals surface area contributed by atoms with Gasteiger partial charge in [-0.05, 0) is 35.9 Å². The summed E-state index contributed by atoms with van der Waals surface area (Å²) in [6, 6.07) is 21.7. The Balaban J connectivity index is 0.000000151. The van der Waals surface area contributed by atoms with Crippen LogP contribution in [0.3, 0.4) is 0 Å². The molecule has 0 saturated heterocycles. The molecule has 5 nitrogen and oxygen atoms in total. The third-order valence-corrected chi connectivity index (χ3v) is 3.81. The Morgan fingerprint density at radius 3 is 1.65 bits per heavy atom. The third kappa shape index (κ3) is 4.02. The highest BCUT2D eigenvalue weighted by molar-refractivity contribution is 6.67. The van der Waals surface area contributed by atoms with Crippen molar-refractivity contribution in [3.05, 3.63) is 84.2 Å². The van der Waals surface area contributed by atoms with Gasteiger partial charge >= 0.3 is 5.97 Å². The molecule has 4 rings (SSSR count). The molecule has 0 spiro atoms. The zero-order chi connectivity index (χ0) is 18.5. The number of hydrogen-bond donors (Lipinski definition) is 1. The van der Waals surface area contributed by atoms with Gasteiger partial charge in [-0.15, -0.1) is 0 Å². The Labute approximate surface area is 153 Å². The number of halogens is 1. The van der Waals surface area contributed by atoms with Gasteiger partial charge in [0.05, 0.1) is 11.0 Å². The molecule has 128 valence electrons. The van der Waals surface area contributed by atoms with Crippen LogP contribution in [0.4, 0.5) is 0 Å². The van der Waals surface area contributed by atoms with E-state index in [0.29, 0.717) is 11.2 Å². The number of aromatic nitrogens is 2. The minimum Gasteiger partial charge on any atom is -0.477 e. The van der Waals surface area contributed by atoms with Crippen LogP contribution in [0, 0.1) is 0 Å². The molecular formula is C20H13ClN2O3. The lowest BCUT2D eigenvalue weighted by atomic mass is 10.2. The maximum absolute atomic E-state index is 10.8. The lowest BCUT2D eigenvalue weighted by Crippen LogP contribution is -1.99. The van der Waals surface area contributed by atoms with Crippen molar-refractivity contribution >= 4 is 44.6 Å². The quantitative estimate of drug-likeness (QED) is 0.528. The minimum atomic E-state index is -0.995. The molecule has 26 heavy (non-hydrogen) atoms. The molecule has 0 bridgehead atoms. The third-order valence-electron chi connectivity index (χ3n) is 3.62. The van der Waals surface area contributed by atoms with E-state index in [1.165, 1.54) is 6.07 Å². The summed E-state index contributed by atoms with van der Waals surface area (Å²) in [6.45, 7) is 0. The molecule has 4 aromatic rings. The Morgan fingerprint density at radius 2 is 1.15 bits per heavy atom. The fraction of sp³-hybridized carbons (Fsp3) is 0. The zero-order valence-corrected chi connectivity index (χ0v) is 14.2. The van der Waals surface area contributed by atoms with Gasteiger partial charge in [-0.2, -0.15) is 0 Å². The Hall–Kier alpha value is -3.31. The van der Waals surface area contributed by atoms with Crippen LogP contribution >= 0.6 is 11.6 Å². The topological polar surface area (TPSA) is 80.2 Å². The van der Waals surface area contributed by atoms with Gasteiger partial charge in [0, 0.05) is 10.8 Å². The van der Waals surface area contributed by atoms with Gasteiger partial charge in [0.1, 0.15) is 11.4 Å². The van der Waals surface area contributed by atoms with Crippen molar-refractivity contribution in [3.63, 3.8) is 0 Å². The van der Waals surface area contributed by atoms with Crippen LogP contribution in [0.5, 0.6) is 0 Å². The highest BCUT2D eigenvalue weighted by atomic mass is 35.5. The van der Waals surface area contributed by atoms with Gasteiger partial charge in [-0.1, -0.05) is 48.5 Å². The summed E-state index contributed by atoms with van der Waals surface area (Å²) in [6.07, 6.45) is 0. The van der Waals surface area contributed by atoms with E-state index in [4.69, 9.17) is 16.7 Å². The number of benzene rings is 2. The van der Waals surface area contributed by atoms with Crippen molar-refractivity contribution in [3.8, 4) is 0 Å². The Bertz CT molecular complexity index is 1020. The summed E-state index contributed by atoms with van der Waals surface area (Å²) in [7, 11) is 0. The first kappa shape index (κ1) is 17.5. The van der Waals surface area contributed by atoms with E-state index in [0.717, 1.165) is 16.3 Å². The number of pyridine rings is 2. The monoisotopic (exact) mass is 364 g/mol. The van der Waals surface area contributed by atoms with Crippen LogP contribution in [-0.2, 0) is 0 Å². The van der Waals surface area contributed by atoms with Gasteiger partial charge in [-0.25, -0.2) is 14.8 Å². The van der Waals surface area contributed by atoms with E-state index in [1.807, 2.05) is 48.5 Å². The van der Waals surface area contributed by atoms with Crippen molar-refractivity contribution in [2.45, 2.75) is 0 Å². The van der Waals surface area contributed by atoms with Gasteiger partial charge < -0.3 is 5.11 Å². The van der Waals surface area contributed by atoms with E-state index >= 15 is 0 Å². The van der Waals surface area contributed by atoms with Gasteiger partial charge in [-0.3, -0.25) is 4.79 Å². The predicted octanol–water partition coefficient (Wildman–Crippen LogP) is 4.55. The molecule has 0 aliphatic carbocycles. The lowest BCUT2D eigenvalue weighted by molar-refractivity contribution is 0.0690. The molecule has 0 unspecified atom stereocenters. The Kier molecular flexibility index (Phi) is 5.20. The van der Waals surface area contributed by atoms with Crippen LogP contribution in [0.1, 0.15) is 21.0 Å². The smallest absolute Gasteiger partial charge is 0.354 e. The second-order valence-electron chi connectivity index (χ2n) is 5.36. The molecular weight excluding hydrogens is 352 g/mol. The predicted molar refractivity (Wildman–Crippen MR) is 101 cm³/mol. The van der Waals surface area contributed by atoms with Crippen molar-refractivity contribution in [2.24, 2.45) is 0 Å².